The number of benzene rings is 1. The minimum atomic E-state index is -1.07. The molecule has 21 heavy (non-hydrogen) atoms. The van der Waals surface area contributed by atoms with E-state index >= 15 is 0 Å². The molecule has 6 heteroatoms. The van der Waals surface area contributed by atoms with Gasteiger partial charge in [0.1, 0.15) is 0 Å². The number of rotatable bonds is 6. The molecule has 0 saturated carbocycles. The summed E-state index contributed by atoms with van der Waals surface area (Å²) in [6.07, 6.45) is -0.0983. The first-order chi connectivity index (χ1) is 9.85. The Balaban J connectivity index is 2.78. The Bertz CT molecular complexity index is 529. The zero-order valence-corrected chi connectivity index (χ0v) is 12.8. The van der Waals surface area contributed by atoms with Crippen molar-refractivity contribution in [3.63, 3.8) is 0 Å². The van der Waals surface area contributed by atoms with Gasteiger partial charge in [0.05, 0.1) is 17.4 Å². The number of aromatic carboxylic acids is 1. The lowest BCUT2D eigenvalue weighted by Gasteiger charge is -2.16. The summed E-state index contributed by atoms with van der Waals surface area (Å²) in [5, 5.41) is 14.5. The molecule has 0 heterocycles. The van der Waals surface area contributed by atoms with Crippen molar-refractivity contribution in [3.05, 3.63) is 28.8 Å². The van der Waals surface area contributed by atoms with Gasteiger partial charge in [-0.05, 0) is 44.9 Å². The lowest BCUT2D eigenvalue weighted by molar-refractivity contribution is 0.0697. The van der Waals surface area contributed by atoms with E-state index in [4.69, 9.17) is 4.74 Å². The Morgan fingerprint density at radius 1 is 1.33 bits per heavy atom. The summed E-state index contributed by atoms with van der Waals surface area (Å²) >= 11 is 0. The summed E-state index contributed by atoms with van der Waals surface area (Å²) in [5.41, 5.74) is 1.94. The van der Waals surface area contributed by atoms with E-state index in [1.54, 1.807) is 6.92 Å². The average molecular weight is 294 g/mol. The van der Waals surface area contributed by atoms with Crippen molar-refractivity contribution in [2.75, 3.05) is 18.5 Å². The van der Waals surface area contributed by atoms with Gasteiger partial charge in [0.25, 0.3) is 0 Å². The number of urea groups is 1. The predicted molar refractivity (Wildman–Crippen MR) is 81.0 cm³/mol. The van der Waals surface area contributed by atoms with Gasteiger partial charge in [-0.25, -0.2) is 9.59 Å². The zero-order chi connectivity index (χ0) is 16.0. The molecule has 3 N–H and O–H groups in total. The molecule has 2 amide bonds. The molecule has 0 spiro atoms. The van der Waals surface area contributed by atoms with E-state index < -0.39 is 12.0 Å². The number of nitrogens with one attached hydrogen (secondary N) is 2. The van der Waals surface area contributed by atoms with Gasteiger partial charge in [0.15, 0.2) is 0 Å². The molecule has 0 radical (unpaired) electrons. The van der Waals surface area contributed by atoms with Crippen molar-refractivity contribution in [2.24, 2.45) is 0 Å². The smallest absolute Gasteiger partial charge is 0.337 e. The second-order valence-corrected chi connectivity index (χ2v) is 4.91. The quantitative estimate of drug-likeness (QED) is 0.752. The number of hydrogen-bond donors (Lipinski definition) is 3. The van der Waals surface area contributed by atoms with E-state index in [2.05, 4.69) is 10.6 Å². The predicted octanol–water partition coefficient (Wildman–Crippen LogP) is 2.55. The molecule has 1 aromatic rings. The standard InChI is InChI=1S/C15H22N2O4/c1-5-21-11(4)8-16-15(20)17-13-10(3)6-9(2)7-12(13)14(18)19/h6-7,11H,5,8H2,1-4H3,(H,18,19)(H2,16,17,20). The molecule has 1 aromatic carbocycles. The first-order valence-electron chi connectivity index (χ1n) is 6.86. The summed E-state index contributed by atoms with van der Waals surface area (Å²) in [7, 11) is 0. The Morgan fingerprint density at radius 3 is 2.57 bits per heavy atom. The van der Waals surface area contributed by atoms with Gasteiger partial charge in [-0.3, -0.25) is 0 Å². The highest BCUT2D eigenvalue weighted by Gasteiger charge is 2.15. The number of carbonyl (C=O) groups excluding carboxylic acids is 1. The van der Waals surface area contributed by atoms with Crippen LogP contribution in [0.15, 0.2) is 12.1 Å². The number of carboxylic acid groups (broad SMARTS) is 1. The van der Waals surface area contributed by atoms with E-state index in [0.29, 0.717) is 24.4 Å². The number of carboxylic acids is 1. The largest absolute Gasteiger partial charge is 0.478 e. The van der Waals surface area contributed by atoms with Crippen LogP contribution in [0, 0.1) is 13.8 Å². The zero-order valence-electron chi connectivity index (χ0n) is 12.8. The number of carbonyl (C=O) groups is 2. The summed E-state index contributed by atoms with van der Waals surface area (Å²) in [4.78, 5) is 23.1. The van der Waals surface area contributed by atoms with E-state index in [1.165, 1.54) is 6.07 Å². The van der Waals surface area contributed by atoms with Gasteiger partial charge in [-0.2, -0.15) is 0 Å². The number of aryl methyl sites for hydroxylation is 2. The highest BCUT2D eigenvalue weighted by Crippen LogP contribution is 2.22. The Kier molecular flexibility index (Phi) is 6.17. The molecule has 1 rings (SSSR count). The first-order valence-corrected chi connectivity index (χ1v) is 6.86. The molecule has 116 valence electrons. The van der Waals surface area contributed by atoms with Crippen LogP contribution >= 0.6 is 0 Å². The summed E-state index contributed by atoms with van der Waals surface area (Å²) in [6, 6.07) is 2.91. The van der Waals surface area contributed by atoms with Crippen LogP contribution in [0.1, 0.15) is 35.3 Å². The topological polar surface area (TPSA) is 87.7 Å². The minimum Gasteiger partial charge on any atom is -0.478 e. The third-order valence-corrected chi connectivity index (χ3v) is 2.95. The molecule has 6 nitrogen and oxygen atoms in total. The minimum absolute atomic E-state index is 0.0838. The van der Waals surface area contributed by atoms with Gasteiger partial charge >= 0.3 is 12.0 Å². The number of amides is 2. The fraction of sp³-hybridized carbons (Fsp3) is 0.467. The molecule has 0 aliphatic heterocycles. The second kappa shape index (κ2) is 7.64. The van der Waals surface area contributed by atoms with Crippen molar-refractivity contribution in [1.29, 1.82) is 0 Å². The molecule has 1 unspecified atom stereocenters. The van der Waals surface area contributed by atoms with Crippen LogP contribution in [0.5, 0.6) is 0 Å². The maximum Gasteiger partial charge on any atom is 0.337 e. The van der Waals surface area contributed by atoms with Crippen LogP contribution in [-0.4, -0.2) is 36.4 Å². The maximum absolute atomic E-state index is 11.9. The van der Waals surface area contributed by atoms with Crippen molar-refractivity contribution >= 4 is 17.7 Å². The van der Waals surface area contributed by atoms with Crippen molar-refractivity contribution in [2.45, 2.75) is 33.8 Å². The highest BCUT2D eigenvalue weighted by molar-refractivity contribution is 6.01. The molecule has 0 bridgehead atoms. The average Bonchev–Trinajstić information content (AvgIpc) is 2.39. The summed E-state index contributed by atoms with van der Waals surface area (Å²) < 4.78 is 5.31. The fourth-order valence-electron chi connectivity index (χ4n) is 2.04. The Morgan fingerprint density at radius 2 is 2.00 bits per heavy atom. The molecule has 0 aliphatic rings. The number of hydrogen-bond acceptors (Lipinski definition) is 3. The van der Waals surface area contributed by atoms with Crippen molar-refractivity contribution in [3.8, 4) is 0 Å². The lowest BCUT2D eigenvalue weighted by atomic mass is 10.0. The van der Waals surface area contributed by atoms with Crippen LogP contribution < -0.4 is 10.6 Å². The van der Waals surface area contributed by atoms with E-state index in [0.717, 1.165) is 5.56 Å². The Hall–Kier alpha value is -2.08. The van der Waals surface area contributed by atoms with Crippen LogP contribution in [0.3, 0.4) is 0 Å². The van der Waals surface area contributed by atoms with E-state index in [9.17, 15) is 14.7 Å². The molecule has 0 fully saturated rings. The normalized spacial score (nSPS) is 11.8. The van der Waals surface area contributed by atoms with Gasteiger partial charge in [-0.1, -0.05) is 6.07 Å². The lowest BCUT2D eigenvalue weighted by Crippen LogP contribution is -2.35. The third-order valence-electron chi connectivity index (χ3n) is 2.95. The molecule has 1 atom stereocenters. The van der Waals surface area contributed by atoms with Crippen LogP contribution in [0.2, 0.25) is 0 Å². The SMILES string of the molecule is CCOC(C)CNC(=O)Nc1c(C)cc(C)cc1C(=O)O. The van der Waals surface area contributed by atoms with Crippen LogP contribution in [-0.2, 0) is 4.74 Å². The first kappa shape index (κ1) is 17.0. The second-order valence-electron chi connectivity index (χ2n) is 4.91. The molecular formula is C15H22N2O4. The number of anilines is 1. The maximum atomic E-state index is 11.9. The summed E-state index contributed by atoms with van der Waals surface area (Å²) in [6.45, 7) is 8.23. The van der Waals surface area contributed by atoms with Crippen LogP contribution in [0.25, 0.3) is 0 Å². The summed E-state index contributed by atoms with van der Waals surface area (Å²) in [5.74, 6) is -1.07. The monoisotopic (exact) mass is 294 g/mol. The molecular weight excluding hydrogens is 272 g/mol. The van der Waals surface area contributed by atoms with E-state index in [-0.39, 0.29) is 11.7 Å². The van der Waals surface area contributed by atoms with E-state index in [1.807, 2.05) is 26.8 Å². The highest BCUT2D eigenvalue weighted by atomic mass is 16.5. The molecule has 0 aromatic heterocycles. The van der Waals surface area contributed by atoms with Crippen LogP contribution in [0.4, 0.5) is 10.5 Å². The van der Waals surface area contributed by atoms with Gasteiger partial charge in [0.2, 0.25) is 0 Å². The third kappa shape index (κ3) is 5.07. The van der Waals surface area contributed by atoms with Gasteiger partial charge < -0.3 is 20.5 Å². The van der Waals surface area contributed by atoms with Gasteiger partial charge in [0, 0.05) is 13.2 Å². The Labute approximate surface area is 124 Å². The molecule has 0 aliphatic carbocycles. The van der Waals surface area contributed by atoms with Crippen molar-refractivity contribution in [1.82, 2.24) is 5.32 Å². The fourth-order valence-corrected chi connectivity index (χ4v) is 2.04. The number of ether oxygens (including phenoxy) is 1. The van der Waals surface area contributed by atoms with Gasteiger partial charge in [-0.15, -0.1) is 0 Å². The molecule has 0 saturated heterocycles. The van der Waals surface area contributed by atoms with Crippen molar-refractivity contribution < 1.29 is 19.4 Å².